The van der Waals surface area contributed by atoms with E-state index < -0.39 is 25.6 Å². The molecule has 0 saturated heterocycles. The minimum Gasteiger partial charge on any atom is -0.478 e. The molecule has 0 unspecified atom stereocenters. The van der Waals surface area contributed by atoms with Crippen LogP contribution < -0.4 is 0 Å². The number of esters is 1. The van der Waals surface area contributed by atoms with E-state index in [1.807, 2.05) is 13.8 Å². The Kier molecular flexibility index (Phi) is 7.55. The highest BCUT2D eigenvalue weighted by molar-refractivity contribution is 6.83. The Morgan fingerprint density at radius 3 is 1.73 bits per heavy atom. The molecule has 0 fully saturated rings. The molecule has 0 rings (SSSR count). The van der Waals surface area contributed by atoms with Crippen LogP contribution in [0.15, 0.2) is 12.2 Å². The molecule has 0 atom stereocenters. The van der Waals surface area contributed by atoms with Gasteiger partial charge in [-0.2, -0.15) is 0 Å². The van der Waals surface area contributed by atoms with Gasteiger partial charge in [0.2, 0.25) is 0 Å². The second-order valence-corrected chi connectivity index (χ2v) is 13.6. The summed E-state index contributed by atoms with van der Waals surface area (Å²) in [7, 11) is -1.69. The zero-order valence-electron chi connectivity index (χ0n) is 15.3. The van der Waals surface area contributed by atoms with Crippen LogP contribution in [-0.4, -0.2) is 30.7 Å². The molecular formula is C17H32O4Si. The lowest BCUT2D eigenvalue weighted by atomic mass is 10.2. The number of carbonyl (C=O) groups excluding carboxylic acids is 1. The molecular weight excluding hydrogens is 296 g/mol. The fraction of sp³-hybridized carbons (Fsp3) is 0.765. The Hall–Kier alpha value is -1.10. The van der Waals surface area contributed by atoms with Gasteiger partial charge < -0.3 is 9.84 Å². The lowest BCUT2D eigenvalue weighted by Gasteiger charge is -2.47. The van der Waals surface area contributed by atoms with Crippen LogP contribution in [0.25, 0.3) is 0 Å². The van der Waals surface area contributed by atoms with Crippen molar-refractivity contribution in [2.45, 2.75) is 83.7 Å². The molecule has 5 heteroatoms. The van der Waals surface area contributed by atoms with Crippen LogP contribution in [-0.2, 0) is 14.3 Å². The quantitative estimate of drug-likeness (QED) is 0.401. The van der Waals surface area contributed by atoms with Gasteiger partial charge in [-0.25, -0.2) is 9.59 Å². The molecule has 0 aromatic rings. The fourth-order valence-electron chi connectivity index (χ4n) is 3.83. The van der Waals surface area contributed by atoms with E-state index in [9.17, 15) is 9.59 Å². The van der Waals surface area contributed by atoms with E-state index in [1.165, 1.54) is 0 Å². The van der Waals surface area contributed by atoms with Gasteiger partial charge in [-0.1, -0.05) is 58.2 Å². The van der Waals surface area contributed by atoms with Gasteiger partial charge in [0.05, 0.1) is 8.07 Å². The van der Waals surface area contributed by atoms with Gasteiger partial charge in [0.1, 0.15) is 5.60 Å². The van der Waals surface area contributed by atoms with Gasteiger partial charge in [-0.15, -0.1) is 0 Å². The minimum absolute atomic E-state index is 0.583. The van der Waals surface area contributed by atoms with Gasteiger partial charge in [0, 0.05) is 12.2 Å². The van der Waals surface area contributed by atoms with Crippen molar-refractivity contribution in [3.63, 3.8) is 0 Å². The zero-order chi connectivity index (χ0) is 17.7. The highest BCUT2D eigenvalue weighted by Gasteiger charge is 2.47. The minimum atomic E-state index is -1.69. The molecule has 0 bridgehead atoms. The van der Waals surface area contributed by atoms with Crippen molar-refractivity contribution in [3.05, 3.63) is 12.2 Å². The van der Waals surface area contributed by atoms with E-state index in [0.717, 1.165) is 18.2 Å². The normalized spacial score (nSPS) is 13.4. The molecule has 0 aromatic heterocycles. The van der Waals surface area contributed by atoms with E-state index in [2.05, 4.69) is 41.5 Å². The maximum absolute atomic E-state index is 11.8. The zero-order valence-corrected chi connectivity index (χ0v) is 16.3. The van der Waals surface area contributed by atoms with Crippen LogP contribution in [0.1, 0.15) is 55.4 Å². The first-order chi connectivity index (χ1) is 9.85. The summed E-state index contributed by atoms with van der Waals surface area (Å²) in [6.45, 7) is 17.5. The number of hydrogen-bond donors (Lipinski definition) is 1. The van der Waals surface area contributed by atoms with Crippen molar-refractivity contribution in [2.24, 2.45) is 0 Å². The van der Waals surface area contributed by atoms with Gasteiger partial charge in [-0.3, -0.25) is 0 Å². The average Bonchev–Trinajstić information content (AvgIpc) is 2.31. The van der Waals surface area contributed by atoms with Crippen molar-refractivity contribution in [1.82, 2.24) is 0 Å². The first kappa shape index (κ1) is 20.9. The summed E-state index contributed by atoms with van der Waals surface area (Å²) in [6.07, 6.45) is 1.80. The molecule has 128 valence electrons. The van der Waals surface area contributed by atoms with Crippen molar-refractivity contribution in [2.75, 3.05) is 0 Å². The highest BCUT2D eigenvalue weighted by Crippen LogP contribution is 2.47. The maximum atomic E-state index is 11.8. The summed E-state index contributed by atoms with van der Waals surface area (Å²) < 4.78 is 5.54. The lowest BCUT2D eigenvalue weighted by Crippen LogP contribution is -2.50. The Balaban J connectivity index is 5.27. The van der Waals surface area contributed by atoms with Crippen LogP contribution in [0.4, 0.5) is 0 Å². The summed E-state index contributed by atoms with van der Waals surface area (Å²) >= 11 is 0. The van der Waals surface area contributed by atoms with Crippen LogP contribution in [0.5, 0.6) is 0 Å². The molecule has 0 aliphatic carbocycles. The lowest BCUT2D eigenvalue weighted by molar-refractivity contribution is -0.149. The molecule has 0 aliphatic heterocycles. The molecule has 0 aliphatic rings. The Morgan fingerprint density at radius 1 is 1.00 bits per heavy atom. The Bertz CT molecular complexity index is 401. The van der Waals surface area contributed by atoms with E-state index in [4.69, 9.17) is 9.84 Å². The van der Waals surface area contributed by atoms with E-state index >= 15 is 0 Å². The van der Waals surface area contributed by atoms with Gasteiger partial charge in [-0.05, 0) is 19.9 Å². The highest BCUT2D eigenvalue weighted by atomic mass is 28.3. The SMILES string of the molecule is CC(C)[Si](CC(C)(C)OC(=O)/C=C\C(=O)O)(C(C)C)C(C)C. The number of carbonyl (C=O) groups is 2. The molecule has 22 heavy (non-hydrogen) atoms. The standard InChI is InChI=1S/C17H32O4Si/c1-12(2)22(13(3)4,14(5)6)11-17(7,8)21-16(20)10-9-15(18)19/h9-10,12-14H,11H2,1-8H3,(H,18,19)/b10-9-. The van der Waals surface area contributed by atoms with Gasteiger partial charge in [0.25, 0.3) is 0 Å². The van der Waals surface area contributed by atoms with E-state index in [-0.39, 0.29) is 0 Å². The van der Waals surface area contributed by atoms with Crippen LogP contribution in [0.2, 0.25) is 22.7 Å². The summed E-state index contributed by atoms with van der Waals surface area (Å²) in [5.74, 6) is -1.74. The molecule has 0 aromatic carbocycles. The Morgan fingerprint density at radius 2 is 1.41 bits per heavy atom. The summed E-state index contributed by atoms with van der Waals surface area (Å²) in [5.41, 5.74) is 1.16. The topological polar surface area (TPSA) is 63.6 Å². The molecule has 0 saturated carbocycles. The van der Waals surface area contributed by atoms with Crippen LogP contribution in [0.3, 0.4) is 0 Å². The van der Waals surface area contributed by atoms with Crippen LogP contribution >= 0.6 is 0 Å². The Labute approximate surface area is 136 Å². The first-order valence-corrected chi connectivity index (χ1v) is 10.4. The molecule has 4 nitrogen and oxygen atoms in total. The first-order valence-electron chi connectivity index (χ1n) is 7.99. The van der Waals surface area contributed by atoms with Crippen molar-refractivity contribution < 1.29 is 19.4 Å². The largest absolute Gasteiger partial charge is 0.478 e. The second kappa shape index (κ2) is 7.95. The number of carboxylic acid groups (broad SMARTS) is 1. The predicted molar refractivity (Wildman–Crippen MR) is 92.8 cm³/mol. The number of aliphatic carboxylic acids is 1. The van der Waals surface area contributed by atoms with Crippen molar-refractivity contribution in [3.8, 4) is 0 Å². The molecule has 0 heterocycles. The monoisotopic (exact) mass is 328 g/mol. The maximum Gasteiger partial charge on any atom is 0.331 e. The number of hydrogen-bond acceptors (Lipinski definition) is 3. The number of carboxylic acids is 1. The summed E-state index contributed by atoms with van der Waals surface area (Å²) in [5, 5.41) is 8.58. The van der Waals surface area contributed by atoms with Gasteiger partial charge >= 0.3 is 11.9 Å². The number of rotatable bonds is 8. The predicted octanol–water partition coefficient (Wildman–Crippen LogP) is 4.63. The van der Waals surface area contributed by atoms with E-state index in [0.29, 0.717) is 16.6 Å². The third-order valence-electron chi connectivity index (χ3n) is 4.70. The van der Waals surface area contributed by atoms with Gasteiger partial charge in [0.15, 0.2) is 0 Å². The van der Waals surface area contributed by atoms with E-state index in [1.54, 1.807) is 0 Å². The molecule has 0 radical (unpaired) electrons. The fourth-order valence-corrected chi connectivity index (χ4v) is 10.6. The van der Waals surface area contributed by atoms with Crippen LogP contribution in [0, 0.1) is 0 Å². The smallest absolute Gasteiger partial charge is 0.331 e. The van der Waals surface area contributed by atoms with Crippen molar-refractivity contribution in [1.29, 1.82) is 0 Å². The molecule has 0 amide bonds. The molecule has 1 N–H and O–H groups in total. The third-order valence-corrected chi connectivity index (χ3v) is 12.6. The third kappa shape index (κ3) is 5.59. The second-order valence-electron chi connectivity index (χ2n) is 7.61. The number of ether oxygens (including phenoxy) is 1. The van der Waals surface area contributed by atoms with Crippen molar-refractivity contribution >= 4 is 20.0 Å². The average molecular weight is 329 g/mol. The summed E-state index contributed by atoms with van der Waals surface area (Å²) in [4.78, 5) is 22.3. The summed E-state index contributed by atoms with van der Waals surface area (Å²) in [6, 6.07) is 0.875. The molecule has 0 spiro atoms.